The molecule has 6 nitrogen and oxygen atoms in total. The molecule has 0 spiro atoms. The van der Waals surface area contributed by atoms with Gasteiger partial charge < -0.3 is 14.2 Å². The van der Waals surface area contributed by atoms with Crippen LogP contribution in [0, 0.1) is 6.92 Å². The fourth-order valence-corrected chi connectivity index (χ4v) is 3.86. The van der Waals surface area contributed by atoms with E-state index in [0.717, 1.165) is 23.4 Å². The van der Waals surface area contributed by atoms with Crippen LogP contribution in [0.25, 0.3) is 0 Å². The van der Waals surface area contributed by atoms with Gasteiger partial charge in [-0.05, 0) is 43.5 Å². The Hall–Kier alpha value is -2.41. The molecule has 0 radical (unpaired) electrons. The molecule has 1 amide bonds. The monoisotopic (exact) mass is 360 g/mol. The number of fused-ring (bicyclic) bond motifs is 1. The zero-order valence-corrected chi connectivity index (χ0v) is 15.1. The van der Waals surface area contributed by atoms with E-state index < -0.39 is 0 Å². The smallest absolute Gasteiger partial charge is 0.337 e. The van der Waals surface area contributed by atoms with Crippen LogP contribution in [0.4, 0.5) is 5.69 Å². The Balaban J connectivity index is 1.63. The van der Waals surface area contributed by atoms with E-state index in [1.165, 1.54) is 18.4 Å². The molecule has 7 heteroatoms. The van der Waals surface area contributed by atoms with Crippen molar-refractivity contribution in [2.45, 2.75) is 32.7 Å². The van der Waals surface area contributed by atoms with E-state index in [2.05, 4.69) is 0 Å². The molecule has 0 saturated carbocycles. The summed E-state index contributed by atoms with van der Waals surface area (Å²) >= 11 is 1.19. The van der Waals surface area contributed by atoms with E-state index in [1.807, 2.05) is 12.3 Å². The highest BCUT2D eigenvalue weighted by molar-refractivity contribution is 7.07. The van der Waals surface area contributed by atoms with E-state index in [4.69, 9.17) is 4.74 Å². The SMILES string of the molecule is COC(=O)c1ccc2c(c1)CCN2C(=O)CCCn1c(C)csc1=O. The van der Waals surface area contributed by atoms with Gasteiger partial charge >= 0.3 is 10.8 Å². The number of hydrogen-bond donors (Lipinski definition) is 0. The lowest BCUT2D eigenvalue weighted by Crippen LogP contribution is -2.29. The molecule has 0 unspecified atom stereocenters. The van der Waals surface area contributed by atoms with Crippen molar-refractivity contribution >= 4 is 28.9 Å². The second kappa shape index (κ2) is 7.23. The summed E-state index contributed by atoms with van der Waals surface area (Å²) in [6, 6.07) is 5.28. The molecule has 0 aliphatic carbocycles. The Kier molecular flexibility index (Phi) is 5.03. The lowest BCUT2D eigenvalue weighted by atomic mass is 10.1. The summed E-state index contributed by atoms with van der Waals surface area (Å²) in [6.07, 6.45) is 1.75. The van der Waals surface area contributed by atoms with Gasteiger partial charge in [-0.3, -0.25) is 9.59 Å². The van der Waals surface area contributed by atoms with Crippen LogP contribution in [0.3, 0.4) is 0 Å². The molecule has 1 aliphatic heterocycles. The fourth-order valence-electron chi connectivity index (χ4n) is 3.10. The lowest BCUT2D eigenvalue weighted by Gasteiger charge is -2.17. The highest BCUT2D eigenvalue weighted by Crippen LogP contribution is 2.29. The van der Waals surface area contributed by atoms with Crippen LogP contribution in [-0.4, -0.2) is 30.1 Å². The first-order chi connectivity index (χ1) is 12.0. The van der Waals surface area contributed by atoms with E-state index in [0.29, 0.717) is 31.5 Å². The highest BCUT2D eigenvalue weighted by Gasteiger charge is 2.25. The average molecular weight is 360 g/mol. The molecular weight excluding hydrogens is 340 g/mol. The number of rotatable bonds is 5. The van der Waals surface area contributed by atoms with Crippen LogP contribution in [0.15, 0.2) is 28.4 Å². The van der Waals surface area contributed by atoms with Crippen molar-refractivity contribution in [2.75, 3.05) is 18.6 Å². The standard InChI is InChI=1S/C18H20N2O4S/c1-12-11-25-18(23)19(12)8-3-4-16(21)20-9-7-13-10-14(17(22)24-2)5-6-15(13)20/h5-6,10-11H,3-4,7-9H2,1-2H3. The van der Waals surface area contributed by atoms with Crippen LogP contribution in [-0.2, 0) is 22.5 Å². The third-order valence-corrected chi connectivity index (χ3v) is 5.33. The lowest BCUT2D eigenvalue weighted by molar-refractivity contribution is -0.118. The zero-order chi connectivity index (χ0) is 18.0. The predicted octanol–water partition coefficient (Wildman–Crippen LogP) is 2.37. The van der Waals surface area contributed by atoms with Crippen molar-refractivity contribution in [3.63, 3.8) is 0 Å². The predicted molar refractivity (Wildman–Crippen MR) is 96.4 cm³/mol. The maximum Gasteiger partial charge on any atom is 0.337 e. The number of carbonyl (C=O) groups excluding carboxylic acids is 2. The number of ether oxygens (including phenoxy) is 1. The highest BCUT2D eigenvalue weighted by atomic mass is 32.1. The topological polar surface area (TPSA) is 68.6 Å². The van der Waals surface area contributed by atoms with Crippen LogP contribution < -0.4 is 9.77 Å². The van der Waals surface area contributed by atoms with Gasteiger partial charge in [-0.25, -0.2) is 4.79 Å². The number of aromatic nitrogens is 1. The van der Waals surface area contributed by atoms with E-state index in [1.54, 1.807) is 27.7 Å². The zero-order valence-electron chi connectivity index (χ0n) is 14.3. The summed E-state index contributed by atoms with van der Waals surface area (Å²) in [5.41, 5.74) is 3.29. The maximum absolute atomic E-state index is 12.5. The largest absolute Gasteiger partial charge is 0.465 e. The summed E-state index contributed by atoms with van der Waals surface area (Å²) in [5.74, 6) is -0.324. The molecule has 3 rings (SSSR count). The Morgan fingerprint density at radius 1 is 1.32 bits per heavy atom. The summed E-state index contributed by atoms with van der Waals surface area (Å²) < 4.78 is 6.44. The van der Waals surface area contributed by atoms with Gasteiger partial charge in [0.25, 0.3) is 0 Å². The van der Waals surface area contributed by atoms with Crippen molar-refractivity contribution in [3.8, 4) is 0 Å². The van der Waals surface area contributed by atoms with Gasteiger partial charge in [-0.15, -0.1) is 0 Å². The quantitative estimate of drug-likeness (QED) is 0.768. The summed E-state index contributed by atoms with van der Waals surface area (Å²) in [4.78, 5) is 37.6. The molecular formula is C18H20N2O4S. The summed E-state index contributed by atoms with van der Waals surface area (Å²) in [7, 11) is 1.35. The van der Waals surface area contributed by atoms with E-state index in [9.17, 15) is 14.4 Å². The van der Waals surface area contributed by atoms with Crippen LogP contribution >= 0.6 is 11.3 Å². The van der Waals surface area contributed by atoms with Crippen LogP contribution in [0.2, 0.25) is 0 Å². The van der Waals surface area contributed by atoms with Gasteiger partial charge in [0.15, 0.2) is 0 Å². The van der Waals surface area contributed by atoms with Crippen LogP contribution in [0.5, 0.6) is 0 Å². The van der Waals surface area contributed by atoms with Gasteiger partial charge in [-0.1, -0.05) is 11.3 Å². The van der Waals surface area contributed by atoms with Crippen molar-refractivity contribution in [1.82, 2.24) is 4.57 Å². The third-order valence-electron chi connectivity index (χ3n) is 4.45. The van der Waals surface area contributed by atoms with Crippen LogP contribution in [0.1, 0.15) is 34.5 Å². The van der Waals surface area contributed by atoms with Gasteiger partial charge in [0, 0.05) is 36.3 Å². The number of carbonyl (C=O) groups is 2. The first-order valence-corrected chi connectivity index (χ1v) is 9.05. The number of amides is 1. The molecule has 1 aromatic heterocycles. The minimum Gasteiger partial charge on any atom is -0.465 e. The maximum atomic E-state index is 12.5. The minimum absolute atomic E-state index is 0.0202. The first-order valence-electron chi connectivity index (χ1n) is 8.18. The molecule has 25 heavy (non-hydrogen) atoms. The number of thiazole rings is 1. The number of nitrogens with zero attached hydrogens (tertiary/aromatic N) is 2. The van der Waals surface area contributed by atoms with Crippen molar-refractivity contribution in [1.29, 1.82) is 0 Å². The number of hydrogen-bond acceptors (Lipinski definition) is 5. The number of anilines is 1. The normalized spacial score (nSPS) is 13.0. The van der Waals surface area contributed by atoms with Gasteiger partial charge in [0.2, 0.25) is 5.91 Å². The molecule has 0 N–H and O–H groups in total. The number of aryl methyl sites for hydroxylation is 1. The molecule has 132 valence electrons. The Bertz CT molecular complexity index is 868. The minimum atomic E-state index is -0.371. The number of benzene rings is 1. The van der Waals surface area contributed by atoms with E-state index >= 15 is 0 Å². The molecule has 0 fully saturated rings. The molecule has 1 aromatic carbocycles. The summed E-state index contributed by atoms with van der Waals surface area (Å²) in [5, 5.41) is 1.83. The molecule has 2 heterocycles. The third kappa shape index (κ3) is 3.51. The molecule has 1 aliphatic rings. The molecule has 0 saturated heterocycles. The fraction of sp³-hybridized carbons (Fsp3) is 0.389. The van der Waals surface area contributed by atoms with Gasteiger partial charge in [-0.2, -0.15) is 0 Å². The Labute approximate surface area is 149 Å². The van der Waals surface area contributed by atoms with Crippen molar-refractivity contribution < 1.29 is 14.3 Å². The van der Waals surface area contributed by atoms with Gasteiger partial charge in [0.1, 0.15) is 0 Å². The number of methoxy groups -OCH3 is 1. The Morgan fingerprint density at radius 2 is 2.12 bits per heavy atom. The van der Waals surface area contributed by atoms with Crippen molar-refractivity contribution in [2.24, 2.45) is 0 Å². The first kappa shape index (κ1) is 17.4. The van der Waals surface area contributed by atoms with E-state index in [-0.39, 0.29) is 16.7 Å². The molecule has 2 aromatic rings. The number of esters is 1. The molecule has 0 atom stereocenters. The van der Waals surface area contributed by atoms with Crippen molar-refractivity contribution in [3.05, 3.63) is 50.1 Å². The summed E-state index contributed by atoms with van der Waals surface area (Å²) in [6.45, 7) is 3.08. The second-order valence-corrected chi connectivity index (χ2v) is 6.85. The Morgan fingerprint density at radius 3 is 2.80 bits per heavy atom. The average Bonchev–Trinajstić information content (AvgIpc) is 3.18. The molecule has 0 bridgehead atoms. The van der Waals surface area contributed by atoms with Gasteiger partial charge in [0.05, 0.1) is 12.7 Å². The second-order valence-electron chi connectivity index (χ2n) is 6.03.